The van der Waals surface area contributed by atoms with Crippen LogP contribution >= 0.6 is 0 Å². The summed E-state index contributed by atoms with van der Waals surface area (Å²) in [4.78, 5) is 2.41. The van der Waals surface area contributed by atoms with Gasteiger partial charge < -0.3 is 15.2 Å². The van der Waals surface area contributed by atoms with Crippen LogP contribution in [0.4, 0.5) is 0 Å². The minimum Gasteiger partial charge on any atom is -0.504 e. The van der Waals surface area contributed by atoms with E-state index in [1.165, 1.54) is 12.8 Å². The van der Waals surface area contributed by atoms with E-state index in [9.17, 15) is 5.11 Å². The molecule has 1 aliphatic heterocycles. The first kappa shape index (κ1) is 16.1. The van der Waals surface area contributed by atoms with Crippen molar-refractivity contribution in [2.24, 2.45) is 5.92 Å². The number of nitrogens with zero attached hydrogens (tertiary/aromatic N) is 1. The van der Waals surface area contributed by atoms with Gasteiger partial charge in [0.2, 0.25) is 0 Å². The zero-order chi connectivity index (χ0) is 15.1. The van der Waals surface area contributed by atoms with Crippen LogP contribution in [0.2, 0.25) is 0 Å². The number of piperidine rings is 1. The van der Waals surface area contributed by atoms with E-state index >= 15 is 0 Å². The molecule has 1 unspecified atom stereocenters. The zero-order valence-corrected chi connectivity index (χ0v) is 13.3. The molecule has 1 fully saturated rings. The average Bonchev–Trinajstić information content (AvgIpc) is 2.51. The summed E-state index contributed by atoms with van der Waals surface area (Å²) >= 11 is 0. The van der Waals surface area contributed by atoms with Crippen molar-refractivity contribution in [3.8, 4) is 11.5 Å². The number of para-hydroxylation sites is 1. The molecule has 0 radical (unpaired) electrons. The quantitative estimate of drug-likeness (QED) is 0.811. The predicted octanol–water partition coefficient (Wildman–Crippen LogP) is 2.61. The minimum absolute atomic E-state index is 0.291. The fourth-order valence-electron chi connectivity index (χ4n) is 2.96. The third-order valence-electron chi connectivity index (χ3n) is 4.14. The molecule has 0 spiro atoms. The van der Waals surface area contributed by atoms with Crippen molar-refractivity contribution in [3.63, 3.8) is 0 Å². The summed E-state index contributed by atoms with van der Waals surface area (Å²) in [5.41, 5.74) is 0.951. The summed E-state index contributed by atoms with van der Waals surface area (Å²) in [6, 6.07) is 5.76. The van der Waals surface area contributed by atoms with E-state index in [2.05, 4.69) is 17.1 Å². The van der Waals surface area contributed by atoms with Crippen molar-refractivity contribution in [1.29, 1.82) is 0 Å². The first-order valence-corrected chi connectivity index (χ1v) is 8.11. The summed E-state index contributed by atoms with van der Waals surface area (Å²) < 4.78 is 5.46. The third kappa shape index (κ3) is 4.61. The second-order valence-electron chi connectivity index (χ2n) is 5.74. The Kier molecular flexibility index (Phi) is 6.33. The first-order valence-electron chi connectivity index (χ1n) is 8.11. The maximum Gasteiger partial charge on any atom is 0.162 e. The van der Waals surface area contributed by atoms with E-state index in [4.69, 9.17) is 4.74 Å². The summed E-state index contributed by atoms with van der Waals surface area (Å²) in [6.45, 7) is 9.81. The van der Waals surface area contributed by atoms with Gasteiger partial charge in [0.25, 0.3) is 0 Å². The van der Waals surface area contributed by atoms with Crippen LogP contribution in [0.15, 0.2) is 18.2 Å². The highest BCUT2D eigenvalue weighted by Crippen LogP contribution is 2.30. The molecular weight excluding hydrogens is 264 g/mol. The molecule has 4 nitrogen and oxygen atoms in total. The smallest absolute Gasteiger partial charge is 0.162 e. The molecule has 2 N–H and O–H groups in total. The normalized spacial score (nSPS) is 18.9. The van der Waals surface area contributed by atoms with Crippen molar-refractivity contribution in [2.45, 2.75) is 33.2 Å². The maximum atomic E-state index is 10.3. The van der Waals surface area contributed by atoms with E-state index in [1.54, 1.807) is 0 Å². The fourth-order valence-corrected chi connectivity index (χ4v) is 2.96. The predicted molar refractivity (Wildman–Crippen MR) is 85.8 cm³/mol. The Hall–Kier alpha value is -1.26. The summed E-state index contributed by atoms with van der Waals surface area (Å²) in [7, 11) is 0. The second-order valence-corrected chi connectivity index (χ2v) is 5.74. The van der Waals surface area contributed by atoms with Crippen molar-refractivity contribution in [1.82, 2.24) is 10.2 Å². The van der Waals surface area contributed by atoms with Gasteiger partial charge in [-0.1, -0.05) is 19.1 Å². The van der Waals surface area contributed by atoms with Gasteiger partial charge >= 0.3 is 0 Å². The van der Waals surface area contributed by atoms with Gasteiger partial charge in [0.15, 0.2) is 11.5 Å². The lowest BCUT2D eigenvalue weighted by molar-refractivity contribution is 0.207. The van der Waals surface area contributed by atoms with Crippen LogP contribution in [-0.2, 0) is 6.54 Å². The SMILES string of the molecule is CCOc1cccc(CN(CC)CC2CCCNC2)c1O. The Morgan fingerprint density at radius 1 is 1.38 bits per heavy atom. The van der Waals surface area contributed by atoms with Crippen LogP contribution in [0.25, 0.3) is 0 Å². The number of phenolic OH excluding ortho intramolecular Hbond substituents is 1. The highest BCUT2D eigenvalue weighted by molar-refractivity contribution is 5.45. The van der Waals surface area contributed by atoms with Gasteiger partial charge in [0.05, 0.1) is 6.61 Å². The molecular formula is C17H28N2O2. The van der Waals surface area contributed by atoms with Gasteiger partial charge in [-0.3, -0.25) is 4.90 Å². The van der Waals surface area contributed by atoms with Crippen LogP contribution < -0.4 is 10.1 Å². The van der Waals surface area contributed by atoms with Gasteiger partial charge in [0.1, 0.15) is 0 Å². The molecule has 21 heavy (non-hydrogen) atoms. The molecule has 1 atom stereocenters. The third-order valence-corrected chi connectivity index (χ3v) is 4.14. The molecule has 0 bridgehead atoms. The number of nitrogens with one attached hydrogen (secondary N) is 1. The van der Waals surface area contributed by atoms with Crippen LogP contribution in [0, 0.1) is 5.92 Å². The minimum atomic E-state index is 0.291. The summed E-state index contributed by atoms with van der Waals surface area (Å²) in [6.07, 6.45) is 2.57. The Morgan fingerprint density at radius 2 is 2.24 bits per heavy atom. The van der Waals surface area contributed by atoms with Gasteiger partial charge in [0, 0.05) is 18.7 Å². The number of hydrogen-bond acceptors (Lipinski definition) is 4. The van der Waals surface area contributed by atoms with Gasteiger partial charge in [-0.05, 0) is 51.4 Å². The number of rotatable bonds is 7. The summed E-state index contributed by atoms with van der Waals surface area (Å²) in [5, 5.41) is 13.8. The highest BCUT2D eigenvalue weighted by atomic mass is 16.5. The van der Waals surface area contributed by atoms with Crippen molar-refractivity contribution in [3.05, 3.63) is 23.8 Å². The van der Waals surface area contributed by atoms with Crippen LogP contribution in [0.1, 0.15) is 32.3 Å². The molecule has 0 saturated carbocycles. The Balaban J connectivity index is 1.98. The maximum absolute atomic E-state index is 10.3. The van der Waals surface area contributed by atoms with E-state index in [0.717, 1.165) is 44.2 Å². The van der Waals surface area contributed by atoms with E-state index in [1.807, 2.05) is 25.1 Å². The number of ether oxygens (including phenoxy) is 1. The number of aromatic hydroxyl groups is 1. The van der Waals surface area contributed by atoms with E-state index in [-0.39, 0.29) is 0 Å². The molecule has 118 valence electrons. The molecule has 0 aromatic heterocycles. The molecule has 1 aromatic carbocycles. The molecule has 1 aromatic rings. The molecule has 2 rings (SSSR count). The topological polar surface area (TPSA) is 44.7 Å². The van der Waals surface area contributed by atoms with Crippen LogP contribution in [-0.4, -0.2) is 42.8 Å². The lowest BCUT2D eigenvalue weighted by atomic mass is 9.99. The molecule has 0 amide bonds. The number of benzene rings is 1. The second kappa shape index (κ2) is 8.25. The highest BCUT2D eigenvalue weighted by Gasteiger charge is 2.18. The van der Waals surface area contributed by atoms with Gasteiger partial charge in [-0.15, -0.1) is 0 Å². The number of phenols is 1. The average molecular weight is 292 g/mol. The molecule has 1 heterocycles. The zero-order valence-electron chi connectivity index (χ0n) is 13.3. The lowest BCUT2D eigenvalue weighted by Gasteiger charge is -2.29. The number of hydrogen-bond donors (Lipinski definition) is 2. The Bertz CT molecular complexity index is 431. The van der Waals surface area contributed by atoms with Crippen LogP contribution in [0.3, 0.4) is 0 Å². The van der Waals surface area contributed by atoms with Gasteiger partial charge in [-0.25, -0.2) is 0 Å². The van der Waals surface area contributed by atoms with Crippen LogP contribution in [0.5, 0.6) is 11.5 Å². The standard InChI is InChI=1S/C17H28N2O2/c1-3-19(12-14-7-6-10-18-11-14)13-15-8-5-9-16(17(15)20)21-4-2/h5,8-9,14,18,20H,3-4,6-7,10-13H2,1-2H3. The van der Waals surface area contributed by atoms with Gasteiger partial charge in [-0.2, -0.15) is 0 Å². The molecule has 1 saturated heterocycles. The molecule has 0 aliphatic carbocycles. The molecule has 1 aliphatic rings. The van der Waals surface area contributed by atoms with E-state index in [0.29, 0.717) is 18.1 Å². The fraction of sp³-hybridized carbons (Fsp3) is 0.647. The van der Waals surface area contributed by atoms with Crippen molar-refractivity contribution in [2.75, 3.05) is 32.8 Å². The largest absolute Gasteiger partial charge is 0.504 e. The Labute approximate surface area is 128 Å². The monoisotopic (exact) mass is 292 g/mol. The van der Waals surface area contributed by atoms with Crippen molar-refractivity contribution < 1.29 is 9.84 Å². The summed E-state index contributed by atoms with van der Waals surface area (Å²) in [5.74, 6) is 1.60. The van der Waals surface area contributed by atoms with E-state index < -0.39 is 0 Å². The first-order chi connectivity index (χ1) is 10.2. The Morgan fingerprint density at radius 3 is 2.90 bits per heavy atom. The molecule has 4 heteroatoms. The lowest BCUT2D eigenvalue weighted by Crippen LogP contribution is -2.38. The van der Waals surface area contributed by atoms with Crippen molar-refractivity contribution >= 4 is 0 Å².